The quantitative estimate of drug-likeness (QED) is 0.457. The molecule has 26 heavy (non-hydrogen) atoms. The van der Waals surface area contributed by atoms with Crippen molar-refractivity contribution in [3.8, 4) is 0 Å². The van der Waals surface area contributed by atoms with E-state index in [2.05, 4.69) is 4.99 Å². The van der Waals surface area contributed by atoms with Gasteiger partial charge >= 0.3 is 6.18 Å². The summed E-state index contributed by atoms with van der Waals surface area (Å²) in [4.78, 5) is 13.9. The first-order valence-corrected chi connectivity index (χ1v) is 8.19. The van der Waals surface area contributed by atoms with Gasteiger partial charge in [0, 0.05) is 0 Å². The normalized spacial score (nSPS) is 22.4. The van der Waals surface area contributed by atoms with Crippen LogP contribution in [0.3, 0.4) is 0 Å². The van der Waals surface area contributed by atoms with Crippen molar-refractivity contribution >= 4 is 11.8 Å². The molecule has 138 valence electrons. The predicted molar refractivity (Wildman–Crippen MR) is 96.4 cm³/mol. The average Bonchev–Trinajstić information content (AvgIpc) is 3.01. The second-order valence-electron chi connectivity index (χ2n) is 6.63. The Morgan fingerprint density at radius 3 is 2.15 bits per heavy atom. The first-order chi connectivity index (χ1) is 11.9. The molecule has 2 nitrogen and oxygen atoms in total. The number of benzene rings is 2. The number of halogens is 3. The van der Waals surface area contributed by atoms with Crippen molar-refractivity contribution in [1.82, 2.24) is 0 Å². The molecule has 3 unspecified atom stereocenters. The van der Waals surface area contributed by atoms with Gasteiger partial charge in [0.2, 0.25) is 6.08 Å². The highest BCUT2D eigenvalue weighted by Crippen LogP contribution is 2.53. The van der Waals surface area contributed by atoms with Crippen molar-refractivity contribution in [3.63, 3.8) is 0 Å². The highest BCUT2D eigenvalue weighted by molar-refractivity contribution is 5.49. The van der Waals surface area contributed by atoms with Crippen LogP contribution in [0.5, 0.6) is 0 Å². The van der Waals surface area contributed by atoms with E-state index in [9.17, 15) is 18.0 Å². The van der Waals surface area contributed by atoms with E-state index in [1.165, 1.54) is 6.08 Å². The lowest BCUT2D eigenvalue weighted by Crippen LogP contribution is -2.20. The molecule has 3 rings (SSSR count). The molecule has 0 radical (unpaired) electrons. The second kappa shape index (κ2) is 7.88. The zero-order valence-electron chi connectivity index (χ0n) is 13.8. The summed E-state index contributed by atoms with van der Waals surface area (Å²) in [5.41, 5.74) is 3.30. The Bertz CT molecular complexity index is 792. The maximum absolute atomic E-state index is 13.3. The van der Waals surface area contributed by atoms with E-state index in [1.807, 2.05) is 31.2 Å². The van der Waals surface area contributed by atoms with E-state index in [0.717, 1.165) is 16.7 Å². The molecule has 3 atom stereocenters. The fraction of sp³-hybridized carbons (Fsp3) is 0.381. The summed E-state index contributed by atoms with van der Waals surface area (Å²) in [6.07, 6.45) is -2.53. The molecule has 0 N–H and O–H groups in total. The third-order valence-corrected chi connectivity index (χ3v) is 4.99. The minimum atomic E-state index is -4.18. The predicted octanol–water partition coefficient (Wildman–Crippen LogP) is 6.44. The summed E-state index contributed by atoms with van der Waals surface area (Å²) >= 11 is 0. The lowest BCUT2D eigenvalue weighted by molar-refractivity contribution is -0.172. The summed E-state index contributed by atoms with van der Waals surface area (Å²) in [6, 6.07) is 14.6. The maximum atomic E-state index is 13.3. The number of aryl methyl sites for hydroxylation is 1. The van der Waals surface area contributed by atoms with Gasteiger partial charge in [0.05, 0.1) is 11.6 Å². The lowest BCUT2D eigenvalue weighted by Gasteiger charge is -2.21. The number of aliphatic imine (C=N–C) groups is 1. The Morgan fingerprint density at radius 1 is 1.00 bits per heavy atom. The van der Waals surface area contributed by atoms with Crippen LogP contribution in [0.2, 0.25) is 0 Å². The topological polar surface area (TPSA) is 29.4 Å². The summed E-state index contributed by atoms with van der Waals surface area (Å²) < 4.78 is 40.0. The van der Waals surface area contributed by atoms with E-state index in [1.54, 1.807) is 24.3 Å². The minimum Gasteiger partial charge on any atom is -0.211 e. The molecule has 2 aromatic carbocycles. The second-order valence-corrected chi connectivity index (χ2v) is 6.63. The molecule has 0 bridgehead atoms. The Kier molecular flexibility index (Phi) is 6.04. The molecular weight excluding hydrogens is 339 g/mol. The van der Waals surface area contributed by atoms with E-state index >= 15 is 0 Å². The van der Waals surface area contributed by atoms with Crippen molar-refractivity contribution in [3.05, 3.63) is 65.2 Å². The zero-order chi connectivity index (χ0) is 18.0. The number of hydrogen-bond donors (Lipinski definition) is 0. The van der Waals surface area contributed by atoms with Gasteiger partial charge in [-0.1, -0.05) is 49.4 Å². The van der Waals surface area contributed by atoms with Gasteiger partial charge in [-0.05, 0) is 54.9 Å². The molecule has 1 aliphatic carbocycles. The molecule has 0 amide bonds. The first-order valence-electron chi connectivity index (χ1n) is 8.19. The third kappa shape index (κ3) is 4.23. The van der Waals surface area contributed by atoms with Gasteiger partial charge in [-0.3, -0.25) is 0 Å². The van der Waals surface area contributed by atoms with E-state index in [-0.39, 0.29) is 32.1 Å². The summed E-state index contributed by atoms with van der Waals surface area (Å²) in [7, 11) is 0. The van der Waals surface area contributed by atoms with Crippen molar-refractivity contribution in [2.75, 3.05) is 0 Å². The smallest absolute Gasteiger partial charge is 0.211 e. The van der Waals surface area contributed by atoms with Crippen LogP contribution >= 0.6 is 0 Å². The lowest BCUT2D eigenvalue weighted by atomic mass is 9.83. The number of isocyanates is 1. The van der Waals surface area contributed by atoms with Gasteiger partial charge in [0.1, 0.15) is 0 Å². The van der Waals surface area contributed by atoms with Gasteiger partial charge in [0.15, 0.2) is 0 Å². The fourth-order valence-corrected chi connectivity index (χ4v) is 3.79. The first kappa shape index (κ1) is 19.9. The van der Waals surface area contributed by atoms with E-state index < -0.39 is 12.1 Å². The molecule has 2 aromatic rings. The Labute approximate surface area is 151 Å². The van der Waals surface area contributed by atoms with Crippen LogP contribution in [-0.4, -0.2) is 12.3 Å². The van der Waals surface area contributed by atoms with Crippen LogP contribution in [0.25, 0.3) is 0 Å². The van der Waals surface area contributed by atoms with Crippen LogP contribution in [-0.2, 0) is 4.79 Å². The molecule has 0 heterocycles. The van der Waals surface area contributed by atoms with Gasteiger partial charge in [-0.2, -0.15) is 18.2 Å². The summed E-state index contributed by atoms with van der Waals surface area (Å²) in [5.74, 6) is -1.68. The molecule has 1 fully saturated rings. The molecule has 1 saturated carbocycles. The van der Waals surface area contributed by atoms with Gasteiger partial charge in [0.25, 0.3) is 0 Å². The SMILES string of the molecule is C.Cc1cccc(C2CC(C(F)(F)F)CC2c2ccc(N=C=O)cc2)c1. The largest absolute Gasteiger partial charge is 0.391 e. The highest BCUT2D eigenvalue weighted by atomic mass is 19.4. The molecule has 0 aliphatic heterocycles. The van der Waals surface area contributed by atoms with Gasteiger partial charge < -0.3 is 0 Å². The Hall–Kier alpha value is -2.39. The van der Waals surface area contributed by atoms with Gasteiger partial charge in [-0.15, -0.1) is 0 Å². The van der Waals surface area contributed by atoms with Crippen molar-refractivity contribution in [2.24, 2.45) is 10.9 Å². The molecule has 1 aliphatic rings. The molecular formula is C21H22F3NO. The van der Waals surface area contributed by atoms with Crippen molar-refractivity contribution in [1.29, 1.82) is 0 Å². The number of hydrogen-bond acceptors (Lipinski definition) is 2. The van der Waals surface area contributed by atoms with E-state index in [4.69, 9.17) is 0 Å². The zero-order valence-corrected chi connectivity index (χ0v) is 13.8. The van der Waals surface area contributed by atoms with Crippen LogP contribution in [0.4, 0.5) is 18.9 Å². The summed E-state index contributed by atoms with van der Waals surface area (Å²) in [5, 5.41) is 0. The molecule has 0 aromatic heterocycles. The number of nitrogens with zero attached hydrogens (tertiary/aromatic N) is 1. The van der Waals surface area contributed by atoms with Crippen LogP contribution in [0.15, 0.2) is 53.5 Å². The standard InChI is InChI=1S/C20H18F3NO.CH4/c1-13-3-2-4-15(9-13)19-11-16(20(21,22)23)10-18(19)14-5-7-17(8-6-14)24-12-25;/h2-9,16,18-19H,10-11H2,1H3;1H4. The highest BCUT2D eigenvalue weighted by Gasteiger charge is 2.48. The summed E-state index contributed by atoms with van der Waals surface area (Å²) in [6.45, 7) is 1.95. The monoisotopic (exact) mass is 361 g/mol. The Morgan fingerprint density at radius 2 is 1.62 bits per heavy atom. The number of rotatable bonds is 3. The maximum Gasteiger partial charge on any atom is 0.391 e. The van der Waals surface area contributed by atoms with E-state index in [0.29, 0.717) is 5.69 Å². The minimum absolute atomic E-state index is 0. The van der Waals surface area contributed by atoms with Gasteiger partial charge in [-0.25, -0.2) is 4.79 Å². The average molecular weight is 361 g/mol. The molecule has 5 heteroatoms. The van der Waals surface area contributed by atoms with Crippen LogP contribution in [0.1, 0.15) is 48.8 Å². The van der Waals surface area contributed by atoms with Crippen LogP contribution < -0.4 is 0 Å². The molecule has 0 saturated heterocycles. The third-order valence-electron chi connectivity index (χ3n) is 4.99. The van der Waals surface area contributed by atoms with Crippen LogP contribution in [0, 0.1) is 12.8 Å². The number of alkyl halides is 3. The fourth-order valence-electron chi connectivity index (χ4n) is 3.79. The number of carbonyl (C=O) groups excluding carboxylic acids is 1. The molecule has 0 spiro atoms. The van der Waals surface area contributed by atoms with Crippen molar-refractivity contribution < 1.29 is 18.0 Å². The van der Waals surface area contributed by atoms with Crippen molar-refractivity contribution in [2.45, 2.75) is 45.2 Å². The Balaban J connectivity index is 0.00000243.